The fraction of sp³-hybridized carbons (Fsp3) is 0.444. The Morgan fingerprint density at radius 2 is 0.878 bits per heavy atom. The molecule has 0 aromatic rings. The van der Waals surface area contributed by atoms with Crippen molar-refractivity contribution in [1.82, 2.24) is 0 Å². The van der Waals surface area contributed by atoms with Gasteiger partial charge in [0.05, 0.1) is 34.2 Å². The third kappa shape index (κ3) is 4.54. The summed E-state index contributed by atoms with van der Waals surface area (Å²) in [6.07, 6.45) is 12.9. The summed E-state index contributed by atoms with van der Waals surface area (Å²) in [5.41, 5.74) is 17.2. The Kier molecular flexibility index (Phi) is 8.26. The average Bonchev–Trinajstić information content (AvgIpc) is 3.76. The van der Waals surface area contributed by atoms with Gasteiger partial charge in [-0.3, -0.25) is 0 Å². The molecular weight excluding hydrogens is 504 g/mol. The van der Waals surface area contributed by atoms with Crippen molar-refractivity contribution in [3.63, 3.8) is 0 Å². The first kappa shape index (κ1) is 28.9. The molecule has 0 aromatic carbocycles. The maximum absolute atomic E-state index is 11.6. The second-order valence-electron chi connectivity index (χ2n) is 10.9. The molecule has 0 spiro atoms. The average molecular weight is 549 g/mol. The topological polar surface area (TPSA) is 69.7 Å². The van der Waals surface area contributed by atoms with Crippen LogP contribution in [0.5, 0.6) is 0 Å². The van der Waals surface area contributed by atoms with Gasteiger partial charge in [0.15, 0.2) is 5.76 Å². The molecular formula is C36H44N4O. The van der Waals surface area contributed by atoms with Crippen LogP contribution in [0.15, 0.2) is 111 Å². The van der Waals surface area contributed by atoms with Gasteiger partial charge < -0.3 is 5.11 Å². The maximum atomic E-state index is 11.6. The van der Waals surface area contributed by atoms with Crippen molar-refractivity contribution in [1.29, 1.82) is 0 Å². The zero-order valence-corrected chi connectivity index (χ0v) is 26.1. The van der Waals surface area contributed by atoms with Crippen LogP contribution in [0.1, 0.15) is 107 Å². The molecule has 5 aliphatic rings. The fourth-order valence-corrected chi connectivity index (χ4v) is 6.98. The van der Waals surface area contributed by atoms with Gasteiger partial charge in [-0.2, -0.15) is 0 Å². The predicted molar refractivity (Wildman–Crippen MR) is 174 cm³/mol. The third-order valence-electron chi connectivity index (χ3n) is 8.90. The first-order valence-corrected chi connectivity index (χ1v) is 15.7. The standard InChI is InChI=1S/C36H44N4O/c1-9-21-22(10-2)31-27(15-7)32-23(11-3)24(12-4)33(39-32)28(16-8)34-25(13-5)26(14-6)35(40-34)36(41)29-18-17-20(37-29)19-30(21)38-31/h17-19,41H,9-16H2,1-8H3. The van der Waals surface area contributed by atoms with Gasteiger partial charge in [0.25, 0.3) is 0 Å². The highest BCUT2D eigenvalue weighted by molar-refractivity contribution is 6.22. The van der Waals surface area contributed by atoms with Gasteiger partial charge in [0, 0.05) is 11.1 Å². The molecule has 0 aliphatic carbocycles. The van der Waals surface area contributed by atoms with Crippen LogP contribution in [0.4, 0.5) is 0 Å². The van der Waals surface area contributed by atoms with Gasteiger partial charge >= 0.3 is 0 Å². The van der Waals surface area contributed by atoms with E-state index < -0.39 is 0 Å². The number of allylic oxidation sites excluding steroid dienone is 11. The van der Waals surface area contributed by atoms with Crippen LogP contribution in [-0.2, 0) is 0 Å². The van der Waals surface area contributed by atoms with Crippen molar-refractivity contribution < 1.29 is 5.11 Å². The summed E-state index contributed by atoms with van der Waals surface area (Å²) in [7, 11) is 0. The summed E-state index contributed by atoms with van der Waals surface area (Å²) < 4.78 is 0. The molecule has 5 aliphatic heterocycles. The normalized spacial score (nSPS) is 20.6. The molecule has 0 amide bonds. The lowest BCUT2D eigenvalue weighted by molar-refractivity contribution is 0.437. The lowest BCUT2D eigenvalue weighted by atomic mass is 9.88. The minimum absolute atomic E-state index is 0.147. The molecule has 214 valence electrons. The Hall–Kier alpha value is -3.60. The molecule has 5 heteroatoms. The molecule has 0 saturated heterocycles. The summed E-state index contributed by atoms with van der Waals surface area (Å²) in [6, 6.07) is 0. The number of fused-ring (bicyclic) bond motifs is 4. The molecule has 0 radical (unpaired) electrons. The van der Waals surface area contributed by atoms with E-state index in [-0.39, 0.29) is 5.76 Å². The number of nitrogens with zero attached hydrogens (tertiary/aromatic N) is 4. The quantitative estimate of drug-likeness (QED) is 0.322. The molecule has 0 unspecified atom stereocenters. The Morgan fingerprint density at radius 3 is 1.39 bits per heavy atom. The first-order valence-electron chi connectivity index (χ1n) is 15.7. The largest absolute Gasteiger partial charge is 0.504 e. The third-order valence-corrected chi connectivity index (χ3v) is 8.90. The van der Waals surface area contributed by atoms with Crippen LogP contribution in [0.3, 0.4) is 0 Å². The summed E-state index contributed by atoms with van der Waals surface area (Å²) in [5, 5.41) is 11.6. The molecule has 5 nitrogen and oxygen atoms in total. The van der Waals surface area contributed by atoms with Crippen molar-refractivity contribution in [3.8, 4) is 0 Å². The lowest BCUT2D eigenvalue weighted by Crippen LogP contribution is -2.07. The van der Waals surface area contributed by atoms with Crippen LogP contribution in [-0.4, -0.2) is 28.0 Å². The highest BCUT2D eigenvalue weighted by Gasteiger charge is 2.34. The second-order valence-corrected chi connectivity index (χ2v) is 10.9. The Bertz CT molecular complexity index is 1580. The summed E-state index contributed by atoms with van der Waals surface area (Å²) in [4.78, 5) is 20.8. The minimum Gasteiger partial charge on any atom is -0.504 e. The molecule has 0 atom stereocenters. The fourth-order valence-electron chi connectivity index (χ4n) is 6.98. The number of aliphatic hydroxyl groups is 1. The smallest absolute Gasteiger partial charge is 0.167 e. The predicted octanol–water partition coefficient (Wildman–Crippen LogP) is 9.71. The van der Waals surface area contributed by atoms with Gasteiger partial charge in [0.1, 0.15) is 11.4 Å². The van der Waals surface area contributed by atoms with Crippen LogP contribution in [0.25, 0.3) is 0 Å². The lowest BCUT2D eigenvalue weighted by Gasteiger charge is -2.14. The summed E-state index contributed by atoms with van der Waals surface area (Å²) in [6.45, 7) is 17.7. The zero-order chi connectivity index (χ0) is 29.4. The highest BCUT2D eigenvalue weighted by Crippen LogP contribution is 2.43. The van der Waals surface area contributed by atoms with Crippen molar-refractivity contribution in [2.75, 3.05) is 0 Å². The Morgan fingerprint density at radius 1 is 0.439 bits per heavy atom. The highest BCUT2D eigenvalue weighted by atomic mass is 16.3. The van der Waals surface area contributed by atoms with E-state index >= 15 is 0 Å². The zero-order valence-electron chi connectivity index (χ0n) is 26.1. The van der Waals surface area contributed by atoms with Gasteiger partial charge in [-0.1, -0.05) is 55.4 Å². The number of hydrogen-bond acceptors (Lipinski definition) is 5. The molecule has 5 rings (SSSR count). The van der Waals surface area contributed by atoms with E-state index in [0.29, 0.717) is 11.4 Å². The molecule has 5 heterocycles. The Labute approximate surface area is 245 Å². The number of rotatable bonds is 8. The molecule has 41 heavy (non-hydrogen) atoms. The number of aliphatic hydroxyl groups excluding tert-OH is 1. The van der Waals surface area contributed by atoms with E-state index in [0.717, 1.165) is 91.2 Å². The van der Waals surface area contributed by atoms with Crippen LogP contribution >= 0.6 is 0 Å². The molecule has 8 bridgehead atoms. The van der Waals surface area contributed by atoms with Gasteiger partial charge in [0.2, 0.25) is 0 Å². The van der Waals surface area contributed by atoms with Crippen molar-refractivity contribution in [3.05, 3.63) is 91.4 Å². The molecule has 0 fully saturated rings. The van der Waals surface area contributed by atoms with Crippen molar-refractivity contribution in [2.24, 2.45) is 20.0 Å². The van der Waals surface area contributed by atoms with E-state index in [1.54, 1.807) is 0 Å². The van der Waals surface area contributed by atoms with Crippen LogP contribution < -0.4 is 0 Å². The van der Waals surface area contributed by atoms with Crippen LogP contribution in [0.2, 0.25) is 0 Å². The number of aliphatic imine (C=N–C) groups is 4. The van der Waals surface area contributed by atoms with Gasteiger partial charge in [-0.25, -0.2) is 20.0 Å². The van der Waals surface area contributed by atoms with Gasteiger partial charge in [-0.15, -0.1) is 0 Å². The van der Waals surface area contributed by atoms with E-state index in [4.69, 9.17) is 20.0 Å². The number of hydrogen-bond donors (Lipinski definition) is 1. The first-order chi connectivity index (χ1) is 19.9. The van der Waals surface area contributed by atoms with Crippen LogP contribution in [0, 0.1) is 0 Å². The monoisotopic (exact) mass is 548 g/mol. The van der Waals surface area contributed by atoms with Crippen molar-refractivity contribution >= 4 is 22.8 Å². The molecule has 0 aromatic heterocycles. The van der Waals surface area contributed by atoms with Crippen molar-refractivity contribution in [2.45, 2.75) is 107 Å². The molecule has 1 N–H and O–H groups in total. The van der Waals surface area contributed by atoms with Gasteiger partial charge in [-0.05, 0) is 103 Å². The SMILES string of the molecule is CCC1=C(CC)C2=C(CC)C3=NC(=C(CC)C4=NC(=C(O)C5=NC(=CC1=N2)C=C5)C(CC)=C4CC)C(CC)=C3CC. The second kappa shape index (κ2) is 11.7. The van der Waals surface area contributed by atoms with E-state index in [1.165, 1.54) is 39.0 Å². The molecule has 0 saturated carbocycles. The summed E-state index contributed by atoms with van der Waals surface area (Å²) >= 11 is 0. The van der Waals surface area contributed by atoms with E-state index in [2.05, 4.69) is 61.5 Å². The van der Waals surface area contributed by atoms with E-state index in [1.807, 2.05) is 12.2 Å². The Balaban J connectivity index is 1.94. The van der Waals surface area contributed by atoms with E-state index in [9.17, 15) is 5.11 Å². The minimum atomic E-state index is 0.147. The summed E-state index contributed by atoms with van der Waals surface area (Å²) in [5.74, 6) is 0.147. The maximum Gasteiger partial charge on any atom is 0.167 e.